The highest BCUT2D eigenvalue weighted by atomic mass is 16.5. The molecule has 0 unspecified atom stereocenters. The van der Waals surface area contributed by atoms with Crippen molar-refractivity contribution >= 4 is 5.97 Å². The molecule has 2 rings (SSSR count). The van der Waals surface area contributed by atoms with Crippen LogP contribution in [0.1, 0.15) is 22.0 Å². The van der Waals surface area contributed by atoms with Crippen molar-refractivity contribution in [3.63, 3.8) is 0 Å². The van der Waals surface area contributed by atoms with Crippen LogP contribution >= 0.6 is 0 Å². The number of carbonyl (C=O) groups excluding carboxylic acids is 1. The summed E-state index contributed by atoms with van der Waals surface area (Å²) in [5.41, 5.74) is 0.956. The van der Waals surface area contributed by atoms with Crippen LogP contribution in [-0.2, 0) is 17.8 Å². The van der Waals surface area contributed by atoms with Gasteiger partial charge in [0, 0.05) is 12.7 Å². The zero-order valence-electron chi connectivity index (χ0n) is 10.1. The first-order chi connectivity index (χ1) is 8.79. The molecule has 0 radical (unpaired) electrons. The Bertz CT molecular complexity index is 508. The van der Waals surface area contributed by atoms with Crippen LogP contribution in [0.4, 0.5) is 0 Å². The van der Waals surface area contributed by atoms with Gasteiger partial charge in [-0.05, 0) is 24.3 Å². The van der Waals surface area contributed by atoms with E-state index in [1.54, 1.807) is 18.3 Å². The van der Waals surface area contributed by atoms with Gasteiger partial charge in [-0.15, -0.1) is 0 Å². The molecule has 2 aromatic heterocycles. The van der Waals surface area contributed by atoms with E-state index in [0.717, 1.165) is 5.69 Å². The third kappa shape index (κ3) is 3.18. The topological polar surface area (TPSA) is 64.4 Å². The van der Waals surface area contributed by atoms with Crippen LogP contribution in [0.15, 0.2) is 40.9 Å². The van der Waals surface area contributed by atoms with Crippen LogP contribution < -0.4 is 5.32 Å². The van der Waals surface area contributed by atoms with Gasteiger partial charge in [0.15, 0.2) is 0 Å². The molecule has 0 aliphatic rings. The molecule has 0 aliphatic heterocycles. The summed E-state index contributed by atoms with van der Waals surface area (Å²) >= 11 is 0. The van der Waals surface area contributed by atoms with Gasteiger partial charge in [-0.3, -0.25) is 4.98 Å². The number of aromatic nitrogens is 1. The Morgan fingerprint density at radius 3 is 2.94 bits per heavy atom. The maximum Gasteiger partial charge on any atom is 0.373 e. The van der Waals surface area contributed by atoms with Crippen molar-refractivity contribution in [1.82, 2.24) is 10.3 Å². The number of furan rings is 1. The molecule has 0 saturated heterocycles. The minimum Gasteiger partial charge on any atom is -0.463 e. The minimum absolute atomic E-state index is 0.215. The van der Waals surface area contributed by atoms with E-state index >= 15 is 0 Å². The van der Waals surface area contributed by atoms with Crippen LogP contribution in [0.2, 0.25) is 0 Å². The Balaban J connectivity index is 1.84. The highest BCUT2D eigenvalue weighted by Crippen LogP contribution is 2.08. The Morgan fingerprint density at radius 1 is 1.33 bits per heavy atom. The number of hydrogen-bond donors (Lipinski definition) is 1. The second-order valence-electron chi connectivity index (χ2n) is 3.68. The molecule has 0 aliphatic carbocycles. The molecule has 0 amide bonds. The summed E-state index contributed by atoms with van der Waals surface area (Å²) in [7, 11) is 1.32. The molecule has 2 heterocycles. The number of esters is 1. The maximum atomic E-state index is 11.2. The van der Waals surface area contributed by atoms with E-state index in [0.29, 0.717) is 18.8 Å². The van der Waals surface area contributed by atoms with Crippen LogP contribution in [0.3, 0.4) is 0 Å². The number of ether oxygens (including phenoxy) is 1. The van der Waals surface area contributed by atoms with Crippen LogP contribution in [0.25, 0.3) is 0 Å². The predicted octanol–water partition coefficient (Wildman–Crippen LogP) is 1.75. The third-order valence-electron chi connectivity index (χ3n) is 2.38. The normalized spacial score (nSPS) is 10.3. The molecule has 0 fully saturated rings. The fourth-order valence-electron chi connectivity index (χ4n) is 1.50. The van der Waals surface area contributed by atoms with Gasteiger partial charge >= 0.3 is 5.97 Å². The number of carbonyl (C=O) groups is 1. The molecule has 0 saturated carbocycles. The van der Waals surface area contributed by atoms with Crippen molar-refractivity contribution < 1.29 is 13.9 Å². The fourth-order valence-corrected chi connectivity index (χ4v) is 1.50. The van der Waals surface area contributed by atoms with E-state index in [-0.39, 0.29) is 5.76 Å². The SMILES string of the molecule is COC(=O)c1ccc(CNCc2ccccn2)o1. The van der Waals surface area contributed by atoms with Gasteiger partial charge < -0.3 is 14.5 Å². The van der Waals surface area contributed by atoms with Crippen molar-refractivity contribution in [2.45, 2.75) is 13.1 Å². The summed E-state index contributed by atoms with van der Waals surface area (Å²) in [6.45, 7) is 1.18. The molecular weight excluding hydrogens is 232 g/mol. The summed E-state index contributed by atoms with van der Waals surface area (Å²) < 4.78 is 9.88. The van der Waals surface area contributed by atoms with Gasteiger partial charge in [0.05, 0.1) is 19.3 Å². The quantitative estimate of drug-likeness (QED) is 0.814. The lowest BCUT2D eigenvalue weighted by Crippen LogP contribution is -2.13. The van der Waals surface area contributed by atoms with Crippen LogP contribution in [0, 0.1) is 0 Å². The molecular formula is C13H14N2O3. The van der Waals surface area contributed by atoms with Crippen molar-refractivity contribution in [2.24, 2.45) is 0 Å². The Hall–Kier alpha value is -2.14. The van der Waals surface area contributed by atoms with Crippen LogP contribution in [0.5, 0.6) is 0 Å². The third-order valence-corrected chi connectivity index (χ3v) is 2.38. The summed E-state index contributed by atoms with van der Waals surface area (Å²) in [6.07, 6.45) is 1.75. The number of nitrogens with one attached hydrogen (secondary N) is 1. The zero-order chi connectivity index (χ0) is 12.8. The number of methoxy groups -OCH3 is 1. The van der Waals surface area contributed by atoms with E-state index in [4.69, 9.17) is 4.42 Å². The summed E-state index contributed by atoms with van der Waals surface area (Å²) in [4.78, 5) is 15.4. The lowest BCUT2D eigenvalue weighted by molar-refractivity contribution is 0.0563. The zero-order valence-corrected chi connectivity index (χ0v) is 10.1. The second-order valence-corrected chi connectivity index (χ2v) is 3.68. The molecule has 0 bridgehead atoms. The van der Waals surface area contributed by atoms with Crippen molar-refractivity contribution in [3.8, 4) is 0 Å². The molecule has 2 aromatic rings. The monoisotopic (exact) mass is 246 g/mol. The Morgan fingerprint density at radius 2 is 2.22 bits per heavy atom. The van der Waals surface area contributed by atoms with Gasteiger partial charge in [0.2, 0.25) is 5.76 Å². The lowest BCUT2D eigenvalue weighted by atomic mass is 10.3. The Labute approximate surface area is 105 Å². The molecule has 0 spiro atoms. The highest BCUT2D eigenvalue weighted by molar-refractivity contribution is 5.86. The molecule has 0 aromatic carbocycles. The molecule has 94 valence electrons. The summed E-state index contributed by atoms with van der Waals surface area (Å²) in [5.74, 6) is 0.435. The number of hydrogen-bond acceptors (Lipinski definition) is 5. The minimum atomic E-state index is -0.467. The largest absolute Gasteiger partial charge is 0.463 e. The van der Waals surface area contributed by atoms with Gasteiger partial charge in [-0.2, -0.15) is 0 Å². The number of nitrogens with zero attached hydrogens (tertiary/aromatic N) is 1. The molecule has 1 N–H and O–H groups in total. The first kappa shape index (κ1) is 12.3. The highest BCUT2D eigenvalue weighted by Gasteiger charge is 2.10. The lowest BCUT2D eigenvalue weighted by Gasteiger charge is -2.01. The van der Waals surface area contributed by atoms with E-state index in [9.17, 15) is 4.79 Å². The fraction of sp³-hybridized carbons (Fsp3) is 0.231. The van der Waals surface area contributed by atoms with E-state index < -0.39 is 5.97 Å². The molecule has 5 heteroatoms. The van der Waals surface area contributed by atoms with Crippen molar-refractivity contribution in [3.05, 3.63) is 53.7 Å². The van der Waals surface area contributed by atoms with Gasteiger partial charge in [0.1, 0.15) is 5.76 Å². The summed E-state index contributed by atoms with van der Waals surface area (Å²) in [5, 5.41) is 3.18. The first-order valence-electron chi connectivity index (χ1n) is 5.57. The predicted molar refractivity (Wildman–Crippen MR) is 64.8 cm³/mol. The second kappa shape index (κ2) is 5.97. The van der Waals surface area contributed by atoms with Gasteiger partial charge in [0.25, 0.3) is 0 Å². The van der Waals surface area contributed by atoms with E-state index in [1.165, 1.54) is 7.11 Å². The molecule has 0 atom stereocenters. The molecule has 5 nitrogen and oxygen atoms in total. The average molecular weight is 246 g/mol. The maximum absolute atomic E-state index is 11.2. The average Bonchev–Trinajstić information content (AvgIpc) is 2.88. The van der Waals surface area contributed by atoms with E-state index in [2.05, 4.69) is 15.0 Å². The molecule has 18 heavy (non-hydrogen) atoms. The Kier molecular flexibility index (Phi) is 4.09. The first-order valence-corrected chi connectivity index (χ1v) is 5.57. The number of pyridine rings is 1. The number of rotatable bonds is 5. The standard InChI is InChI=1S/C13H14N2O3/c1-17-13(16)12-6-5-11(18-12)9-14-8-10-4-2-3-7-15-10/h2-7,14H,8-9H2,1H3. The summed E-state index contributed by atoms with van der Waals surface area (Å²) in [6, 6.07) is 9.10. The van der Waals surface area contributed by atoms with Gasteiger partial charge in [-0.25, -0.2) is 4.79 Å². The van der Waals surface area contributed by atoms with Gasteiger partial charge in [-0.1, -0.05) is 6.07 Å². The smallest absolute Gasteiger partial charge is 0.373 e. The van der Waals surface area contributed by atoms with Crippen LogP contribution in [-0.4, -0.2) is 18.1 Å². The van der Waals surface area contributed by atoms with E-state index in [1.807, 2.05) is 18.2 Å². The van der Waals surface area contributed by atoms with Crippen molar-refractivity contribution in [1.29, 1.82) is 0 Å². The van der Waals surface area contributed by atoms with Crippen molar-refractivity contribution in [2.75, 3.05) is 7.11 Å².